The van der Waals surface area contributed by atoms with Crippen LogP contribution < -0.4 is 0 Å². The number of esters is 4. The summed E-state index contributed by atoms with van der Waals surface area (Å²) >= 11 is 0. The van der Waals surface area contributed by atoms with Gasteiger partial charge in [0.15, 0.2) is 0 Å². The van der Waals surface area contributed by atoms with Gasteiger partial charge in [-0.1, -0.05) is 0 Å². The van der Waals surface area contributed by atoms with Crippen LogP contribution in [0.25, 0.3) is 5.70 Å². The average Bonchev–Trinajstić information content (AvgIpc) is 2.87. The van der Waals surface area contributed by atoms with E-state index in [1.165, 1.54) is 18.4 Å². The zero-order valence-electron chi connectivity index (χ0n) is 14.8. The topological polar surface area (TPSA) is 110 Å². The van der Waals surface area contributed by atoms with Crippen molar-refractivity contribution >= 4 is 29.6 Å². The molecule has 1 aromatic heterocycles. The normalized spacial score (nSPS) is 10.9. The van der Waals surface area contributed by atoms with Crippen molar-refractivity contribution in [2.45, 2.75) is 13.8 Å². The van der Waals surface area contributed by atoms with Gasteiger partial charge in [-0.25, -0.2) is 19.2 Å². The predicted molar refractivity (Wildman–Crippen MR) is 84.9 cm³/mol. The Labute approximate surface area is 144 Å². The lowest BCUT2D eigenvalue weighted by molar-refractivity contribution is -0.137. The molecule has 9 nitrogen and oxygen atoms in total. The van der Waals surface area contributed by atoms with Crippen molar-refractivity contribution in [3.63, 3.8) is 0 Å². The van der Waals surface area contributed by atoms with E-state index in [-0.39, 0.29) is 28.2 Å². The summed E-state index contributed by atoms with van der Waals surface area (Å²) in [5, 5.41) is 0. The zero-order chi connectivity index (χ0) is 19.3. The van der Waals surface area contributed by atoms with Crippen LogP contribution in [0.4, 0.5) is 0 Å². The second-order valence-corrected chi connectivity index (χ2v) is 4.78. The highest BCUT2D eigenvalue weighted by atomic mass is 16.5. The summed E-state index contributed by atoms with van der Waals surface area (Å²) < 4.78 is 19.8. The Bertz CT molecular complexity index is 717. The van der Waals surface area contributed by atoms with Crippen LogP contribution in [-0.2, 0) is 28.5 Å². The number of hydrogen-bond acceptors (Lipinski definition) is 8. The lowest BCUT2D eigenvalue weighted by Crippen LogP contribution is -2.16. The van der Waals surface area contributed by atoms with E-state index < -0.39 is 23.9 Å². The lowest BCUT2D eigenvalue weighted by Gasteiger charge is -2.12. The molecule has 1 rings (SSSR count). The Morgan fingerprint density at radius 3 is 1.52 bits per heavy atom. The summed E-state index contributed by atoms with van der Waals surface area (Å²) in [7, 11) is 4.58. The quantitative estimate of drug-likeness (QED) is 0.435. The highest BCUT2D eigenvalue weighted by Gasteiger charge is 2.31. The Hall–Kier alpha value is -3.10. The third kappa shape index (κ3) is 3.70. The zero-order valence-corrected chi connectivity index (χ0v) is 14.8. The van der Waals surface area contributed by atoms with Gasteiger partial charge in [0.05, 0.1) is 45.6 Å². The number of carbonyl (C=O) groups is 4. The molecule has 0 spiro atoms. The van der Waals surface area contributed by atoms with E-state index in [0.29, 0.717) is 0 Å². The first kappa shape index (κ1) is 19.9. The first-order valence-electron chi connectivity index (χ1n) is 7.01. The molecular weight excluding hydrogens is 334 g/mol. The van der Waals surface area contributed by atoms with E-state index in [0.717, 1.165) is 34.5 Å². The number of carbonyl (C=O) groups excluding carboxylic acids is 4. The smallest absolute Gasteiger partial charge is 0.355 e. The van der Waals surface area contributed by atoms with Crippen LogP contribution in [0.3, 0.4) is 0 Å². The van der Waals surface area contributed by atoms with E-state index in [1.807, 2.05) is 0 Å². The fraction of sp³-hybridized carbons (Fsp3) is 0.375. The second-order valence-electron chi connectivity index (χ2n) is 4.78. The highest BCUT2D eigenvalue weighted by Crippen LogP contribution is 2.28. The summed E-state index contributed by atoms with van der Waals surface area (Å²) in [4.78, 5) is 47.9. The Morgan fingerprint density at radius 2 is 1.20 bits per heavy atom. The van der Waals surface area contributed by atoms with Crippen LogP contribution >= 0.6 is 0 Å². The number of hydrogen-bond donors (Lipinski definition) is 0. The van der Waals surface area contributed by atoms with Crippen LogP contribution in [0.1, 0.15) is 32.1 Å². The van der Waals surface area contributed by atoms with Crippen molar-refractivity contribution < 1.29 is 38.1 Å². The number of rotatable bonds is 5. The fourth-order valence-electron chi connectivity index (χ4n) is 2.39. The van der Waals surface area contributed by atoms with E-state index >= 15 is 0 Å². The van der Waals surface area contributed by atoms with Gasteiger partial charge in [-0.2, -0.15) is 0 Å². The molecule has 0 fully saturated rings. The van der Waals surface area contributed by atoms with Crippen molar-refractivity contribution in [1.82, 2.24) is 4.57 Å². The molecule has 0 aliphatic carbocycles. The van der Waals surface area contributed by atoms with Gasteiger partial charge in [0.25, 0.3) is 0 Å². The molecule has 0 atom stereocenters. The van der Waals surface area contributed by atoms with Gasteiger partial charge in [-0.3, -0.25) is 0 Å². The number of methoxy groups -OCH3 is 4. The van der Waals surface area contributed by atoms with Gasteiger partial charge in [0.1, 0.15) is 5.70 Å². The molecule has 0 aliphatic heterocycles. The molecule has 9 heteroatoms. The second kappa shape index (κ2) is 8.13. The minimum absolute atomic E-state index is 0.0773. The lowest BCUT2D eigenvalue weighted by atomic mass is 10.1. The molecule has 1 aromatic rings. The van der Waals surface area contributed by atoms with Crippen molar-refractivity contribution in [2.75, 3.05) is 28.4 Å². The number of aromatic nitrogens is 1. The first-order valence-corrected chi connectivity index (χ1v) is 7.01. The van der Waals surface area contributed by atoms with E-state index in [1.54, 1.807) is 0 Å². The Balaban J connectivity index is 3.85. The number of nitrogens with zero attached hydrogens (tertiary/aromatic N) is 1. The van der Waals surface area contributed by atoms with E-state index in [9.17, 15) is 19.2 Å². The SMILES string of the molecule is COC(=O)/C=C(\C(=O)OC)n1c(C)c(C(=O)OC)c(C(=O)OC)c1C. The van der Waals surface area contributed by atoms with Gasteiger partial charge in [0.2, 0.25) is 0 Å². The van der Waals surface area contributed by atoms with Crippen molar-refractivity contribution in [3.05, 3.63) is 28.6 Å². The standard InChI is InChI=1S/C16H19NO8/c1-8-12(15(20)24-5)13(16(21)25-6)9(2)17(8)10(14(19)23-4)7-11(18)22-3/h7H,1-6H3/b10-7+. The Morgan fingerprint density at radius 1 is 0.760 bits per heavy atom. The maximum atomic E-state index is 12.1. The van der Waals surface area contributed by atoms with Crippen molar-refractivity contribution in [3.8, 4) is 0 Å². The summed E-state index contributed by atoms with van der Waals surface area (Å²) in [6, 6.07) is 0. The molecule has 0 unspecified atom stereocenters. The van der Waals surface area contributed by atoms with Gasteiger partial charge < -0.3 is 23.5 Å². The maximum absolute atomic E-state index is 12.1. The highest BCUT2D eigenvalue weighted by molar-refractivity contribution is 6.16. The van der Waals surface area contributed by atoms with Crippen LogP contribution in [0.15, 0.2) is 6.08 Å². The van der Waals surface area contributed by atoms with E-state index in [4.69, 9.17) is 9.47 Å². The minimum atomic E-state index is -0.862. The average molecular weight is 353 g/mol. The van der Waals surface area contributed by atoms with Gasteiger partial charge in [-0.05, 0) is 13.8 Å². The molecule has 0 amide bonds. The third-order valence-electron chi connectivity index (χ3n) is 3.51. The minimum Gasteiger partial charge on any atom is -0.466 e. The molecule has 136 valence electrons. The number of ether oxygens (including phenoxy) is 4. The van der Waals surface area contributed by atoms with Gasteiger partial charge in [0, 0.05) is 11.4 Å². The van der Waals surface area contributed by atoms with Gasteiger partial charge >= 0.3 is 23.9 Å². The van der Waals surface area contributed by atoms with Crippen molar-refractivity contribution in [1.29, 1.82) is 0 Å². The largest absolute Gasteiger partial charge is 0.466 e. The molecule has 0 radical (unpaired) electrons. The predicted octanol–water partition coefficient (Wildman–Crippen LogP) is 0.865. The van der Waals surface area contributed by atoms with E-state index in [2.05, 4.69) is 9.47 Å². The summed E-state index contributed by atoms with van der Waals surface area (Å²) in [6.45, 7) is 2.97. The maximum Gasteiger partial charge on any atom is 0.355 e. The fourth-order valence-corrected chi connectivity index (χ4v) is 2.39. The molecule has 0 aliphatic rings. The van der Waals surface area contributed by atoms with Crippen molar-refractivity contribution in [2.24, 2.45) is 0 Å². The molecule has 0 N–H and O–H groups in total. The molecule has 0 saturated heterocycles. The molecule has 0 aromatic carbocycles. The third-order valence-corrected chi connectivity index (χ3v) is 3.51. The van der Waals surface area contributed by atoms with Crippen LogP contribution in [-0.4, -0.2) is 56.9 Å². The Kier molecular flexibility index (Phi) is 6.49. The van der Waals surface area contributed by atoms with Crippen LogP contribution in [0, 0.1) is 13.8 Å². The monoisotopic (exact) mass is 353 g/mol. The molecule has 0 saturated carbocycles. The molecule has 25 heavy (non-hydrogen) atoms. The summed E-state index contributed by atoms with van der Waals surface area (Å²) in [5.74, 6) is -3.25. The molecular formula is C16H19NO8. The molecule has 0 bridgehead atoms. The first-order chi connectivity index (χ1) is 11.7. The van der Waals surface area contributed by atoms with Crippen LogP contribution in [0.5, 0.6) is 0 Å². The summed E-state index contributed by atoms with van der Waals surface area (Å²) in [6.07, 6.45) is 0.897. The molecule has 1 heterocycles. The summed E-state index contributed by atoms with van der Waals surface area (Å²) in [5.41, 5.74) is 0.0123. The van der Waals surface area contributed by atoms with Gasteiger partial charge in [-0.15, -0.1) is 0 Å². The van der Waals surface area contributed by atoms with Crippen LogP contribution in [0.2, 0.25) is 0 Å².